The van der Waals surface area contributed by atoms with Gasteiger partial charge in [-0.3, -0.25) is 14.5 Å². The van der Waals surface area contributed by atoms with Crippen LogP contribution in [0.4, 0.5) is 11.4 Å². The monoisotopic (exact) mass is 547 g/mol. The summed E-state index contributed by atoms with van der Waals surface area (Å²) in [4.78, 5) is 30.0. The van der Waals surface area contributed by atoms with Crippen LogP contribution in [-0.2, 0) is 18.4 Å². The molecule has 5 rings (SSSR count). The molecule has 1 N–H and O–H groups in total. The van der Waals surface area contributed by atoms with Crippen molar-refractivity contribution >= 4 is 46.7 Å². The molecule has 11 heteroatoms. The Balaban J connectivity index is 1.25. The van der Waals surface area contributed by atoms with Crippen molar-refractivity contribution in [2.45, 2.75) is 21.5 Å². The maximum absolute atomic E-state index is 13.4. The Hall–Kier alpha value is -3.96. The molecule has 0 spiro atoms. The summed E-state index contributed by atoms with van der Waals surface area (Å²) in [5.74, 6) is 1.43. The van der Waals surface area contributed by atoms with Crippen molar-refractivity contribution in [1.82, 2.24) is 20.1 Å². The molecule has 1 aliphatic rings. The lowest BCUT2D eigenvalue weighted by molar-refractivity contribution is -0.115. The first-order chi connectivity index (χ1) is 18.5. The van der Waals surface area contributed by atoms with Crippen molar-refractivity contribution in [2.24, 2.45) is 7.05 Å². The zero-order chi connectivity index (χ0) is 26.6. The van der Waals surface area contributed by atoms with E-state index in [0.717, 1.165) is 21.2 Å². The van der Waals surface area contributed by atoms with Gasteiger partial charge in [0.2, 0.25) is 5.91 Å². The molecule has 0 radical (unpaired) electrons. The number of thioether (sulfide) groups is 1. The van der Waals surface area contributed by atoms with Crippen molar-refractivity contribution < 1.29 is 19.1 Å². The minimum Gasteiger partial charge on any atom is -0.493 e. The van der Waals surface area contributed by atoms with E-state index in [1.165, 1.54) is 26.0 Å². The molecule has 4 aromatic rings. The SMILES string of the molecule is COc1ccc(C(=O)NCc2nnc(SCC(=O)N3c4ccccc4Sc4ccccc43)n2C)cc1OC. The number of carbonyl (C=O) groups is 2. The molecular formula is C27H25N5O4S2. The van der Waals surface area contributed by atoms with E-state index in [4.69, 9.17) is 9.47 Å². The normalized spacial score (nSPS) is 11.9. The number of hydrogen-bond donors (Lipinski definition) is 1. The second-order valence-electron chi connectivity index (χ2n) is 8.27. The van der Waals surface area contributed by atoms with Gasteiger partial charge < -0.3 is 19.4 Å². The molecule has 1 aliphatic heterocycles. The third-order valence-electron chi connectivity index (χ3n) is 5.98. The van der Waals surface area contributed by atoms with E-state index in [-0.39, 0.29) is 24.1 Å². The summed E-state index contributed by atoms with van der Waals surface area (Å²) < 4.78 is 12.3. The third kappa shape index (κ3) is 5.07. The van der Waals surface area contributed by atoms with Gasteiger partial charge in [-0.15, -0.1) is 10.2 Å². The van der Waals surface area contributed by atoms with Crippen LogP contribution in [0.15, 0.2) is 81.7 Å². The van der Waals surface area contributed by atoms with Crippen LogP contribution in [0.5, 0.6) is 11.5 Å². The molecule has 9 nitrogen and oxygen atoms in total. The van der Waals surface area contributed by atoms with E-state index in [1.54, 1.807) is 39.4 Å². The van der Waals surface area contributed by atoms with Crippen LogP contribution in [0.1, 0.15) is 16.2 Å². The Morgan fingerprint density at radius 3 is 2.24 bits per heavy atom. The van der Waals surface area contributed by atoms with Gasteiger partial charge >= 0.3 is 0 Å². The van der Waals surface area contributed by atoms with Crippen molar-refractivity contribution in [3.8, 4) is 11.5 Å². The van der Waals surface area contributed by atoms with Crippen LogP contribution in [0, 0.1) is 0 Å². The fourth-order valence-electron chi connectivity index (χ4n) is 4.03. The first-order valence-electron chi connectivity index (χ1n) is 11.7. The number of hydrogen-bond acceptors (Lipinski definition) is 8. The van der Waals surface area contributed by atoms with Gasteiger partial charge in [0, 0.05) is 22.4 Å². The molecule has 0 bridgehead atoms. The standard InChI is InChI=1S/C27H25N5O4S2/c1-31-24(15-28-26(34)17-12-13-20(35-2)21(14-17)36-3)29-30-27(31)37-16-25(33)32-18-8-4-6-10-22(18)38-23-11-7-5-9-19(23)32/h4-14H,15-16H2,1-3H3,(H,28,34). The van der Waals surface area contributed by atoms with Crippen molar-refractivity contribution in [2.75, 3.05) is 24.9 Å². The van der Waals surface area contributed by atoms with E-state index >= 15 is 0 Å². The Kier molecular flexibility index (Phi) is 7.57. The molecule has 0 aliphatic carbocycles. The highest BCUT2D eigenvalue weighted by molar-refractivity contribution is 8.00. The first kappa shape index (κ1) is 25.7. The van der Waals surface area contributed by atoms with Gasteiger partial charge in [0.15, 0.2) is 22.5 Å². The zero-order valence-corrected chi connectivity index (χ0v) is 22.6. The van der Waals surface area contributed by atoms with Gasteiger partial charge in [0.05, 0.1) is 37.9 Å². The molecule has 2 heterocycles. The topological polar surface area (TPSA) is 98.6 Å². The molecule has 0 saturated heterocycles. The molecule has 194 valence electrons. The highest BCUT2D eigenvalue weighted by Gasteiger charge is 2.28. The van der Waals surface area contributed by atoms with Gasteiger partial charge in [0.25, 0.3) is 5.91 Å². The Morgan fingerprint density at radius 2 is 1.58 bits per heavy atom. The summed E-state index contributed by atoms with van der Waals surface area (Å²) >= 11 is 2.97. The van der Waals surface area contributed by atoms with E-state index in [1.807, 2.05) is 55.6 Å². The van der Waals surface area contributed by atoms with Crippen molar-refractivity contribution in [3.63, 3.8) is 0 Å². The number of para-hydroxylation sites is 2. The van der Waals surface area contributed by atoms with Crippen LogP contribution >= 0.6 is 23.5 Å². The molecular weight excluding hydrogens is 522 g/mol. The summed E-state index contributed by atoms with van der Waals surface area (Å²) in [5, 5.41) is 11.9. The fourth-order valence-corrected chi connectivity index (χ4v) is 5.86. The minimum atomic E-state index is -0.279. The summed E-state index contributed by atoms with van der Waals surface area (Å²) in [6.45, 7) is 0.176. The lowest BCUT2D eigenvalue weighted by atomic mass is 10.2. The van der Waals surface area contributed by atoms with Crippen LogP contribution in [0.25, 0.3) is 0 Å². The lowest BCUT2D eigenvalue weighted by Crippen LogP contribution is -2.30. The van der Waals surface area contributed by atoms with Gasteiger partial charge in [-0.2, -0.15) is 0 Å². The molecule has 0 saturated carbocycles. The number of nitrogens with zero attached hydrogens (tertiary/aromatic N) is 4. The average Bonchev–Trinajstić information content (AvgIpc) is 3.31. The number of rotatable bonds is 8. The first-order valence-corrected chi connectivity index (χ1v) is 13.5. The Bertz CT molecular complexity index is 1460. The highest BCUT2D eigenvalue weighted by atomic mass is 32.2. The summed E-state index contributed by atoms with van der Waals surface area (Å²) in [6.07, 6.45) is 0. The quantitative estimate of drug-likeness (QED) is 0.318. The van der Waals surface area contributed by atoms with Gasteiger partial charge in [-0.25, -0.2) is 0 Å². The maximum Gasteiger partial charge on any atom is 0.251 e. The van der Waals surface area contributed by atoms with E-state index in [0.29, 0.717) is 28.0 Å². The number of benzene rings is 3. The van der Waals surface area contributed by atoms with Crippen molar-refractivity contribution in [1.29, 1.82) is 0 Å². The summed E-state index contributed by atoms with van der Waals surface area (Å²) in [7, 11) is 4.87. The number of methoxy groups -OCH3 is 2. The molecule has 0 atom stereocenters. The maximum atomic E-state index is 13.4. The molecule has 0 fully saturated rings. The van der Waals surface area contributed by atoms with Crippen LogP contribution in [-0.4, -0.2) is 46.6 Å². The van der Waals surface area contributed by atoms with E-state index in [2.05, 4.69) is 15.5 Å². The molecule has 3 aromatic carbocycles. The predicted molar refractivity (Wildman–Crippen MR) is 147 cm³/mol. The van der Waals surface area contributed by atoms with Gasteiger partial charge in [0.1, 0.15) is 0 Å². The second-order valence-corrected chi connectivity index (χ2v) is 10.3. The molecule has 1 aromatic heterocycles. The second kappa shape index (κ2) is 11.2. The largest absolute Gasteiger partial charge is 0.493 e. The number of amides is 2. The minimum absolute atomic E-state index is 0.0542. The van der Waals surface area contributed by atoms with E-state index < -0.39 is 0 Å². The fraction of sp³-hybridized carbons (Fsp3) is 0.185. The van der Waals surface area contributed by atoms with Crippen LogP contribution in [0.3, 0.4) is 0 Å². The predicted octanol–water partition coefficient (Wildman–Crippen LogP) is 4.68. The van der Waals surface area contributed by atoms with Crippen LogP contribution in [0.2, 0.25) is 0 Å². The smallest absolute Gasteiger partial charge is 0.251 e. The van der Waals surface area contributed by atoms with Gasteiger partial charge in [-0.1, -0.05) is 47.8 Å². The van der Waals surface area contributed by atoms with Crippen molar-refractivity contribution in [3.05, 3.63) is 78.1 Å². The molecule has 38 heavy (non-hydrogen) atoms. The van der Waals surface area contributed by atoms with Crippen LogP contribution < -0.4 is 19.7 Å². The van der Waals surface area contributed by atoms with Gasteiger partial charge in [-0.05, 0) is 42.5 Å². The third-order valence-corrected chi connectivity index (χ3v) is 8.12. The number of fused-ring (bicyclic) bond motifs is 2. The summed E-state index contributed by atoms with van der Waals surface area (Å²) in [6, 6.07) is 20.7. The number of carbonyl (C=O) groups excluding carboxylic acids is 2. The highest BCUT2D eigenvalue weighted by Crippen LogP contribution is 2.48. The average molecular weight is 548 g/mol. The number of nitrogens with one attached hydrogen (secondary N) is 1. The number of aromatic nitrogens is 3. The Labute approximate surface area is 228 Å². The molecule has 0 unspecified atom stereocenters. The number of anilines is 2. The van der Waals surface area contributed by atoms with E-state index in [9.17, 15) is 9.59 Å². The lowest BCUT2D eigenvalue weighted by Gasteiger charge is -2.30. The number of ether oxygens (including phenoxy) is 2. The molecule has 2 amide bonds. The summed E-state index contributed by atoms with van der Waals surface area (Å²) in [5.41, 5.74) is 2.18. The zero-order valence-electron chi connectivity index (χ0n) is 21.0. The Morgan fingerprint density at radius 1 is 0.921 bits per heavy atom.